The molecule has 0 spiro atoms. The lowest BCUT2D eigenvalue weighted by atomic mass is 10.2. The van der Waals surface area contributed by atoms with Gasteiger partial charge in [0.05, 0.1) is 23.8 Å². The second kappa shape index (κ2) is 11.1. The Morgan fingerprint density at radius 3 is 2.34 bits per heavy atom. The van der Waals surface area contributed by atoms with E-state index in [4.69, 9.17) is 9.47 Å². The molecule has 1 N–H and O–H groups in total. The highest BCUT2D eigenvalue weighted by Crippen LogP contribution is 2.28. The molecule has 166 valence electrons. The third kappa shape index (κ3) is 5.70. The predicted octanol–water partition coefficient (Wildman–Crippen LogP) is 3.23. The van der Waals surface area contributed by atoms with Crippen LogP contribution in [0.2, 0.25) is 0 Å². The Morgan fingerprint density at radius 1 is 1.06 bits per heavy atom. The van der Waals surface area contributed by atoms with E-state index < -0.39 is 23.9 Å². The summed E-state index contributed by atoms with van der Waals surface area (Å²) in [6.45, 7) is 3.36. The number of amides is 1. The van der Waals surface area contributed by atoms with E-state index in [9.17, 15) is 14.4 Å². The van der Waals surface area contributed by atoms with Gasteiger partial charge in [-0.05, 0) is 43.5 Å². The van der Waals surface area contributed by atoms with Crippen molar-refractivity contribution in [2.45, 2.75) is 19.9 Å². The van der Waals surface area contributed by atoms with Gasteiger partial charge in [0.25, 0.3) is 0 Å². The zero-order chi connectivity index (χ0) is 22.9. The Morgan fingerprint density at radius 2 is 1.75 bits per heavy atom. The van der Waals surface area contributed by atoms with E-state index in [2.05, 4.69) is 10.4 Å². The molecule has 1 aromatic carbocycles. The average Bonchev–Trinajstić information content (AvgIpc) is 3.46. The van der Waals surface area contributed by atoms with Crippen LogP contribution in [-0.2, 0) is 23.9 Å². The third-order valence-electron chi connectivity index (χ3n) is 4.26. The highest BCUT2D eigenvalue weighted by Gasteiger charge is 2.30. The zero-order valence-electron chi connectivity index (χ0n) is 17.7. The van der Waals surface area contributed by atoms with Gasteiger partial charge in [-0.15, -0.1) is 11.3 Å². The summed E-state index contributed by atoms with van der Waals surface area (Å²) < 4.78 is 11.5. The van der Waals surface area contributed by atoms with Crippen LogP contribution >= 0.6 is 11.3 Å². The van der Waals surface area contributed by atoms with Gasteiger partial charge in [0, 0.05) is 17.8 Å². The molecule has 0 aliphatic heterocycles. The largest absolute Gasteiger partial charge is 0.464 e. The number of benzene rings is 1. The molecule has 3 aromatic rings. The Balaban J connectivity index is 1.84. The number of hydrogen-bond acceptors (Lipinski definition) is 7. The molecule has 2 aromatic heterocycles. The number of nitrogens with zero attached hydrogens (tertiary/aromatic N) is 2. The standard InChI is InChI=1S/C23H23N3O5S/c1-3-30-22(28)21(23(29)31-4-2)24-19(27)13-12-16-15-26(17-9-6-5-7-10-17)25-20(16)18-11-8-14-32-18/h5-15,21H,3-4H2,1-2H3,(H,24,27)/b13-12+. The molecule has 0 saturated carbocycles. The van der Waals surface area contributed by atoms with E-state index >= 15 is 0 Å². The molecule has 32 heavy (non-hydrogen) atoms. The first-order valence-electron chi connectivity index (χ1n) is 10.0. The lowest BCUT2D eigenvalue weighted by Crippen LogP contribution is -2.47. The van der Waals surface area contributed by atoms with E-state index in [1.807, 2.05) is 54.0 Å². The quantitative estimate of drug-likeness (QED) is 0.303. The molecule has 0 aliphatic carbocycles. The molecule has 3 rings (SSSR count). The monoisotopic (exact) mass is 453 g/mol. The number of ether oxygens (including phenoxy) is 2. The first kappa shape index (κ1) is 23.0. The summed E-state index contributed by atoms with van der Waals surface area (Å²) in [5.74, 6) is -2.38. The minimum Gasteiger partial charge on any atom is -0.464 e. The molecule has 0 aliphatic rings. The number of nitrogens with one attached hydrogen (secondary N) is 1. The lowest BCUT2D eigenvalue weighted by Gasteiger charge is -2.14. The summed E-state index contributed by atoms with van der Waals surface area (Å²) in [6.07, 6.45) is 4.64. The number of carbonyl (C=O) groups excluding carboxylic acids is 3. The fourth-order valence-electron chi connectivity index (χ4n) is 2.85. The van der Waals surface area contributed by atoms with E-state index in [-0.39, 0.29) is 13.2 Å². The topological polar surface area (TPSA) is 99.5 Å². The van der Waals surface area contributed by atoms with Crippen molar-refractivity contribution >= 4 is 35.3 Å². The van der Waals surface area contributed by atoms with Crippen LogP contribution in [0.1, 0.15) is 19.4 Å². The molecule has 0 radical (unpaired) electrons. The summed E-state index contributed by atoms with van der Waals surface area (Å²) in [4.78, 5) is 37.6. The van der Waals surface area contributed by atoms with Crippen LogP contribution < -0.4 is 5.32 Å². The third-order valence-corrected chi connectivity index (χ3v) is 5.14. The summed E-state index contributed by atoms with van der Waals surface area (Å²) in [5.41, 5.74) is 2.29. The van der Waals surface area contributed by atoms with Gasteiger partial charge in [0.2, 0.25) is 11.9 Å². The molecular weight excluding hydrogens is 430 g/mol. The van der Waals surface area contributed by atoms with Gasteiger partial charge >= 0.3 is 11.9 Å². The van der Waals surface area contributed by atoms with Crippen LogP contribution in [0.5, 0.6) is 0 Å². The van der Waals surface area contributed by atoms with Crippen LogP contribution in [0.4, 0.5) is 0 Å². The van der Waals surface area contributed by atoms with Gasteiger partial charge in [-0.1, -0.05) is 24.3 Å². The number of hydrogen-bond donors (Lipinski definition) is 1. The van der Waals surface area contributed by atoms with Crippen molar-refractivity contribution in [3.63, 3.8) is 0 Å². The number of rotatable bonds is 9. The second-order valence-electron chi connectivity index (χ2n) is 6.47. The van der Waals surface area contributed by atoms with Crippen LogP contribution in [0, 0.1) is 0 Å². The number of aromatic nitrogens is 2. The first-order valence-corrected chi connectivity index (χ1v) is 10.9. The summed E-state index contributed by atoms with van der Waals surface area (Å²) in [6, 6.07) is 11.9. The van der Waals surface area contributed by atoms with E-state index in [1.165, 1.54) is 17.4 Å². The van der Waals surface area contributed by atoms with Crippen LogP contribution in [-0.4, -0.2) is 46.9 Å². The van der Waals surface area contributed by atoms with E-state index in [0.717, 1.165) is 10.6 Å². The average molecular weight is 454 g/mol. The Labute approximate surface area is 189 Å². The van der Waals surface area contributed by atoms with Gasteiger partial charge in [0.1, 0.15) is 5.69 Å². The fraction of sp³-hybridized carbons (Fsp3) is 0.217. The molecule has 0 fully saturated rings. The van der Waals surface area contributed by atoms with Gasteiger partial charge in [-0.2, -0.15) is 5.10 Å². The van der Waals surface area contributed by atoms with Crippen LogP contribution in [0.25, 0.3) is 22.3 Å². The highest BCUT2D eigenvalue weighted by atomic mass is 32.1. The number of thiophene rings is 1. The SMILES string of the molecule is CCOC(=O)C(NC(=O)/C=C/c1cn(-c2ccccc2)nc1-c1cccs1)C(=O)OCC. The zero-order valence-corrected chi connectivity index (χ0v) is 18.5. The van der Waals surface area contributed by atoms with Crippen molar-refractivity contribution in [2.24, 2.45) is 0 Å². The Hall–Kier alpha value is -3.72. The number of esters is 2. The minimum atomic E-state index is -1.53. The Kier molecular flexibility index (Phi) is 7.93. The maximum Gasteiger partial charge on any atom is 0.340 e. The first-order chi connectivity index (χ1) is 15.5. The molecular formula is C23H23N3O5S. The highest BCUT2D eigenvalue weighted by molar-refractivity contribution is 7.13. The Bertz CT molecular complexity index is 1070. The smallest absolute Gasteiger partial charge is 0.340 e. The maximum atomic E-state index is 12.5. The minimum absolute atomic E-state index is 0.0727. The molecule has 0 saturated heterocycles. The van der Waals surface area contributed by atoms with Crippen molar-refractivity contribution in [3.05, 3.63) is 65.7 Å². The molecule has 0 atom stereocenters. The summed E-state index contributed by atoms with van der Waals surface area (Å²) >= 11 is 1.53. The van der Waals surface area contributed by atoms with E-state index in [1.54, 1.807) is 24.6 Å². The number of para-hydroxylation sites is 1. The normalized spacial score (nSPS) is 11.0. The van der Waals surface area contributed by atoms with Crippen molar-refractivity contribution in [1.82, 2.24) is 15.1 Å². The summed E-state index contributed by atoms with van der Waals surface area (Å²) in [7, 11) is 0. The molecule has 0 bridgehead atoms. The summed E-state index contributed by atoms with van der Waals surface area (Å²) in [5, 5.41) is 8.96. The second-order valence-corrected chi connectivity index (χ2v) is 7.42. The molecule has 1 amide bonds. The molecule has 2 heterocycles. The lowest BCUT2D eigenvalue weighted by molar-refractivity contribution is -0.159. The van der Waals surface area contributed by atoms with Crippen molar-refractivity contribution < 1.29 is 23.9 Å². The van der Waals surface area contributed by atoms with Crippen LogP contribution in [0.3, 0.4) is 0 Å². The maximum absolute atomic E-state index is 12.5. The molecule has 9 heteroatoms. The van der Waals surface area contributed by atoms with Crippen molar-refractivity contribution in [1.29, 1.82) is 0 Å². The predicted molar refractivity (Wildman–Crippen MR) is 121 cm³/mol. The van der Waals surface area contributed by atoms with Crippen molar-refractivity contribution in [2.75, 3.05) is 13.2 Å². The van der Waals surface area contributed by atoms with E-state index in [0.29, 0.717) is 11.3 Å². The van der Waals surface area contributed by atoms with Gasteiger partial charge in [-0.3, -0.25) is 4.79 Å². The molecule has 0 unspecified atom stereocenters. The van der Waals surface area contributed by atoms with Crippen LogP contribution in [0.15, 0.2) is 60.1 Å². The van der Waals surface area contributed by atoms with Crippen molar-refractivity contribution in [3.8, 4) is 16.3 Å². The van der Waals surface area contributed by atoms with Gasteiger partial charge in [0.15, 0.2) is 0 Å². The molecule has 8 nitrogen and oxygen atoms in total. The fourth-order valence-corrected chi connectivity index (χ4v) is 3.58. The number of carbonyl (C=O) groups is 3. The van der Waals surface area contributed by atoms with Gasteiger partial charge < -0.3 is 14.8 Å². The van der Waals surface area contributed by atoms with Gasteiger partial charge in [-0.25, -0.2) is 14.3 Å².